The van der Waals surface area contributed by atoms with Crippen LogP contribution in [0.5, 0.6) is 0 Å². The van der Waals surface area contributed by atoms with Crippen LogP contribution in [0.1, 0.15) is 15.9 Å². The quantitative estimate of drug-likeness (QED) is 0.342. The van der Waals surface area contributed by atoms with Crippen molar-refractivity contribution in [3.05, 3.63) is 103 Å². The van der Waals surface area contributed by atoms with Crippen LogP contribution < -0.4 is 21.5 Å². The number of nitrogens with zero attached hydrogens (tertiary/aromatic N) is 3. The monoisotopic (exact) mass is 568 g/mol. The number of fused-ring (bicyclic) bond motifs is 1. The molecule has 1 heterocycles. The van der Waals surface area contributed by atoms with Crippen LogP contribution in [0.15, 0.2) is 70.3 Å². The zero-order valence-corrected chi connectivity index (χ0v) is 23.2. The highest BCUT2D eigenvalue weighted by Gasteiger charge is 2.25. The maximum absolute atomic E-state index is 13.4. The number of hydrogen-bond acceptors (Lipinski definition) is 6. The molecule has 0 aliphatic heterocycles. The normalized spacial score (nSPS) is 11.7. The highest BCUT2D eigenvalue weighted by Crippen LogP contribution is 2.24. The van der Waals surface area contributed by atoms with Crippen molar-refractivity contribution in [3.63, 3.8) is 0 Å². The molecule has 1 atom stereocenters. The van der Waals surface area contributed by atoms with E-state index in [2.05, 4.69) is 5.32 Å². The second-order valence-corrected chi connectivity index (χ2v) is 9.91. The molecule has 1 aromatic heterocycles. The van der Waals surface area contributed by atoms with Crippen molar-refractivity contribution in [1.29, 1.82) is 0 Å². The second kappa shape index (κ2) is 11.3. The summed E-state index contributed by atoms with van der Waals surface area (Å²) in [6.07, 6.45) is 0.0809. The molecule has 1 unspecified atom stereocenters. The van der Waals surface area contributed by atoms with Gasteiger partial charge in [-0.05, 0) is 48.0 Å². The van der Waals surface area contributed by atoms with Crippen molar-refractivity contribution < 1.29 is 14.3 Å². The molecule has 0 saturated carbocycles. The van der Waals surface area contributed by atoms with E-state index < -0.39 is 29.2 Å². The standard InChI is InChI=1S/C28H26Cl2N4O5/c1-32(2)18-12-13-23-19(15-18)26(36)34(28(38)33(23)3)17-10-8-16(9-11-17)14-22(27(37)39-4)31-25(35)24-20(29)6-5-7-21(24)30/h5-13,15,22H,14H2,1-4H3,(H,31,35). The number of benzene rings is 3. The molecule has 4 rings (SSSR count). The van der Waals surface area contributed by atoms with Gasteiger partial charge in [-0.3, -0.25) is 14.2 Å². The van der Waals surface area contributed by atoms with Crippen molar-refractivity contribution in [3.8, 4) is 5.69 Å². The average Bonchev–Trinajstić information content (AvgIpc) is 2.91. The first-order chi connectivity index (χ1) is 18.5. The number of ether oxygens (including phenoxy) is 1. The summed E-state index contributed by atoms with van der Waals surface area (Å²) in [5.74, 6) is -1.28. The average molecular weight is 569 g/mol. The lowest BCUT2D eigenvalue weighted by Gasteiger charge is -2.18. The van der Waals surface area contributed by atoms with Crippen LogP contribution in [0.2, 0.25) is 10.0 Å². The second-order valence-electron chi connectivity index (χ2n) is 9.09. The third-order valence-electron chi connectivity index (χ3n) is 6.38. The molecular formula is C28H26Cl2N4O5. The molecule has 0 spiro atoms. The number of carbonyl (C=O) groups is 2. The van der Waals surface area contributed by atoms with E-state index in [9.17, 15) is 19.2 Å². The number of aryl methyl sites for hydroxylation is 1. The van der Waals surface area contributed by atoms with Crippen molar-refractivity contribution in [2.75, 3.05) is 26.1 Å². The van der Waals surface area contributed by atoms with Gasteiger partial charge in [0.25, 0.3) is 11.5 Å². The number of aromatic nitrogens is 2. The Labute approximate surface area is 234 Å². The van der Waals surface area contributed by atoms with E-state index in [1.165, 1.54) is 23.8 Å². The first kappa shape index (κ1) is 27.9. The Balaban J connectivity index is 1.66. The lowest BCUT2D eigenvalue weighted by molar-refractivity contribution is -0.142. The molecule has 0 bridgehead atoms. The van der Waals surface area contributed by atoms with Crippen LogP contribution in [-0.2, 0) is 23.0 Å². The van der Waals surface area contributed by atoms with E-state index in [1.54, 1.807) is 49.5 Å². The van der Waals surface area contributed by atoms with Gasteiger partial charge in [0.1, 0.15) is 6.04 Å². The Kier molecular flexibility index (Phi) is 8.13. The summed E-state index contributed by atoms with van der Waals surface area (Å²) in [4.78, 5) is 53.7. The van der Waals surface area contributed by atoms with Gasteiger partial charge in [-0.1, -0.05) is 41.4 Å². The Morgan fingerprint density at radius 2 is 1.64 bits per heavy atom. The predicted molar refractivity (Wildman–Crippen MR) is 153 cm³/mol. The SMILES string of the molecule is COC(=O)C(Cc1ccc(-n2c(=O)c3cc(N(C)C)ccc3n(C)c2=O)cc1)NC(=O)c1c(Cl)cccc1Cl. The predicted octanol–water partition coefficient (Wildman–Crippen LogP) is 3.58. The van der Waals surface area contributed by atoms with E-state index in [1.807, 2.05) is 25.1 Å². The Hall–Kier alpha value is -4.08. The van der Waals surface area contributed by atoms with Crippen LogP contribution in [0.3, 0.4) is 0 Å². The van der Waals surface area contributed by atoms with Crippen LogP contribution in [0.4, 0.5) is 5.69 Å². The van der Waals surface area contributed by atoms with E-state index in [0.717, 1.165) is 10.3 Å². The van der Waals surface area contributed by atoms with E-state index in [4.69, 9.17) is 27.9 Å². The third-order valence-corrected chi connectivity index (χ3v) is 7.01. The summed E-state index contributed by atoms with van der Waals surface area (Å²) < 4.78 is 7.40. The minimum atomic E-state index is -1.04. The fourth-order valence-corrected chi connectivity index (χ4v) is 4.82. The largest absolute Gasteiger partial charge is 0.467 e. The van der Waals surface area contributed by atoms with Gasteiger partial charge in [-0.15, -0.1) is 0 Å². The van der Waals surface area contributed by atoms with Gasteiger partial charge in [0.15, 0.2) is 0 Å². The molecule has 11 heteroatoms. The summed E-state index contributed by atoms with van der Waals surface area (Å²) in [5, 5.41) is 3.32. The number of nitrogens with one attached hydrogen (secondary N) is 1. The fourth-order valence-electron chi connectivity index (χ4n) is 4.25. The van der Waals surface area contributed by atoms with Crippen molar-refractivity contribution in [2.24, 2.45) is 7.05 Å². The number of hydrogen-bond donors (Lipinski definition) is 1. The molecule has 0 saturated heterocycles. The molecule has 39 heavy (non-hydrogen) atoms. The number of methoxy groups -OCH3 is 1. The van der Waals surface area contributed by atoms with Crippen LogP contribution in [0.25, 0.3) is 16.6 Å². The molecule has 1 amide bonds. The zero-order chi connectivity index (χ0) is 28.4. The van der Waals surface area contributed by atoms with Gasteiger partial charge in [-0.25, -0.2) is 14.2 Å². The van der Waals surface area contributed by atoms with Crippen molar-refractivity contribution in [2.45, 2.75) is 12.5 Å². The minimum absolute atomic E-state index is 0.0500. The number of halogens is 2. The molecule has 0 radical (unpaired) electrons. The molecule has 4 aromatic rings. The van der Waals surface area contributed by atoms with Gasteiger partial charge in [0.05, 0.1) is 39.3 Å². The van der Waals surface area contributed by atoms with Crippen molar-refractivity contribution >= 4 is 51.7 Å². The first-order valence-electron chi connectivity index (χ1n) is 11.9. The maximum Gasteiger partial charge on any atom is 0.335 e. The highest BCUT2D eigenvalue weighted by molar-refractivity contribution is 6.39. The lowest BCUT2D eigenvalue weighted by Crippen LogP contribution is -2.43. The molecule has 202 valence electrons. The summed E-state index contributed by atoms with van der Waals surface area (Å²) >= 11 is 12.3. The lowest BCUT2D eigenvalue weighted by atomic mass is 10.0. The summed E-state index contributed by atoms with van der Waals surface area (Å²) in [6, 6.07) is 15.5. The third kappa shape index (κ3) is 5.55. The molecule has 0 fully saturated rings. The van der Waals surface area contributed by atoms with Crippen LogP contribution in [-0.4, -0.2) is 48.3 Å². The van der Waals surface area contributed by atoms with Gasteiger partial charge in [0, 0.05) is 33.3 Å². The number of carbonyl (C=O) groups excluding carboxylic acids is 2. The number of amides is 1. The maximum atomic E-state index is 13.4. The first-order valence-corrected chi connectivity index (χ1v) is 12.6. The van der Waals surface area contributed by atoms with Gasteiger partial charge in [-0.2, -0.15) is 0 Å². The zero-order valence-electron chi connectivity index (χ0n) is 21.7. The van der Waals surface area contributed by atoms with Crippen molar-refractivity contribution in [1.82, 2.24) is 14.5 Å². The summed E-state index contributed by atoms with van der Waals surface area (Å²) in [6.45, 7) is 0. The number of anilines is 1. The Bertz CT molecular complexity index is 1670. The number of rotatable bonds is 7. The van der Waals surface area contributed by atoms with E-state index in [-0.39, 0.29) is 22.0 Å². The van der Waals surface area contributed by atoms with E-state index in [0.29, 0.717) is 22.2 Å². The molecule has 1 N–H and O–H groups in total. The molecule has 0 aliphatic rings. The van der Waals surface area contributed by atoms with Gasteiger partial charge in [0.2, 0.25) is 0 Å². The molecule has 3 aromatic carbocycles. The molecular weight excluding hydrogens is 543 g/mol. The number of esters is 1. The van der Waals surface area contributed by atoms with Crippen LogP contribution >= 0.6 is 23.2 Å². The summed E-state index contributed by atoms with van der Waals surface area (Å²) in [5.41, 5.74) is 1.49. The van der Waals surface area contributed by atoms with E-state index >= 15 is 0 Å². The van der Waals surface area contributed by atoms with Gasteiger partial charge >= 0.3 is 11.7 Å². The molecule has 9 nitrogen and oxygen atoms in total. The highest BCUT2D eigenvalue weighted by atomic mass is 35.5. The topological polar surface area (TPSA) is 103 Å². The summed E-state index contributed by atoms with van der Waals surface area (Å²) in [7, 11) is 6.57. The Morgan fingerprint density at radius 1 is 1.00 bits per heavy atom. The van der Waals surface area contributed by atoms with Gasteiger partial charge < -0.3 is 15.0 Å². The fraction of sp³-hybridized carbons (Fsp3) is 0.214. The van der Waals surface area contributed by atoms with Crippen LogP contribution in [0, 0.1) is 0 Å². The minimum Gasteiger partial charge on any atom is -0.467 e. The molecule has 0 aliphatic carbocycles. The Morgan fingerprint density at radius 3 is 2.23 bits per heavy atom. The smallest absolute Gasteiger partial charge is 0.335 e.